The van der Waals surface area contributed by atoms with Crippen molar-refractivity contribution in [2.45, 2.75) is 64.2 Å². The first-order valence-electron chi connectivity index (χ1n) is 20.6. The third-order valence-electron chi connectivity index (χ3n) is 8.37. The van der Waals surface area contributed by atoms with Crippen molar-refractivity contribution in [2.24, 2.45) is 0 Å². The van der Waals surface area contributed by atoms with E-state index in [2.05, 4.69) is 31.9 Å². The summed E-state index contributed by atoms with van der Waals surface area (Å²) in [6.45, 7) is 3.85. The molecule has 20 heteroatoms. The average molecular weight is 875 g/mol. The maximum atomic E-state index is 12.3. The lowest BCUT2D eigenvalue weighted by atomic mass is 10.1. The smallest absolute Gasteiger partial charge is 0.407 e. The lowest BCUT2D eigenvalue weighted by molar-refractivity contribution is -0.142. The molecule has 2 rings (SSSR count). The fraction of sp³-hybridized carbons (Fsp3) is 0.548. The second kappa shape index (κ2) is 34.8. The molecule has 2 aromatic carbocycles. The van der Waals surface area contributed by atoms with Gasteiger partial charge in [-0.05, 0) is 30.4 Å². The van der Waals surface area contributed by atoms with Crippen LogP contribution in [0.25, 0.3) is 0 Å². The SMILES string of the molecule is O=C(CCC(=O)NCCOCCOCCNC(=O)OCc1ccccc1)NCCCC[C@H](NC(=O)CCC(=O)NCCOCCOCCNC(=O)OCc1ccccc1)C(=O)O. The normalized spacial score (nSPS) is 11.1. The Balaban J connectivity index is 1.35. The summed E-state index contributed by atoms with van der Waals surface area (Å²) in [7, 11) is 0. The van der Waals surface area contributed by atoms with E-state index in [1.54, 1.807) is 0 Å². The summed E-state index contributed by atoms with van der Waals surface area (Å²) in [6, 6.07) is 17.5. The highest BCUT2D eigenvalue weighted by Gasteiger charge is 2.20. The van der Waals surface area contributed by atoms with E-state index in [1.165, 1.54) is 0 Å². The van der Waals surface area contributed by atoms with Crippen LogP contribution in [0, 0.1) is 0 Å². The van der Waals surface area contributed by atoms with Crippen LogP contribution < -0.4 is 31.9 Å². The summed E-state index contributed by atoms with van der Waals surface area (Å²) in [5, 5.41) is 25.1. The van der Waals surface area contributed by atoms with E-state index < -0.39 is 30.1 Å². The number of carbonyl (C=O) groups is 7. The second-order valence-electron chi connectivity index (χ2n) is 13.4. The van der Waals surface area contributed by atoms with Crippen molar-refractivity contribution in [3.63, 3.8) is 0 Å². The average Bonchev–Trinajstić information content (AvgIpc) is 3.27. The fourth-order valence-corrected chi connectivity index (χ4v) is 5.11. The van der Waals surface area contributed by atoms with Gasteiger partial charge in [-0.1, -0.05) is 60.7 Å². The molecule has 0 aromatic heterocycles. The summed E-state index contributed by atoms with van der Waals surface area (Å²) in [6.07, 6.45) is -0.451. The molecule has 344 valence electrons. The van der Waals surface area contributed by atoms with Gasteiger partial charge in [-0.3, -0.25) is 19.2 Å². The number of alkyl carbamates (subject to hydrolysis) is 2. The van der Waals surface area contributed by atoms with Gasteiger partial charge in [-0.2, -0.15) is 0 Å². The van der Waals surface area contributed by atoms with Crippen LogP contribution in [0.3, 0.4) is 0 Å². The second-order valence-corrected chi connectivity index (χ2v) is 13.4. The van der Waals surface area contributed by atoms with Crippen LogP contribution in [0.4, 0.5) is 9.59 Å². The van der Waals surface area contributed by atoms with Gasteiger partial charge in [0.15, 0.2) is 0 Å². The number of aliphatic carboxylic acids is 1. The molecule has 0 saturated carbocycles. The molecule has 0 heterocycles. The molecule has 0 bridgehead atoms. The van der Waals surface area contributed by atoms with Gasteiger partial charge in [-0.15, -0.1) is 0 Å². The molecular formula is C42H62N6O14. The van der Waals surface area contributed by atoms with Crippen molar-refractivity contribution < 1.29 is 67.1 Å². The van der Waals surface area contributed by atoms with Gasteiger partial charge < -0.3 is 65.4 Å². The topological polar surface area (TPSA) is 267 Å². The summed E-state index contributed by atoms with van der Waals surface area (Å²) in [5.74, 6) is -2.81. The van der Waals surface area contributed by atoms with Gasteiger partial charge >= 0.3 is 18.2 Å². The van der Waals surface area contributed by atoms with Crippen LogP contribution in [0.1, 0.15) is 56.1 Å². The largest absolute Gasteiger partial charge is 0.480 e. The molecule has 0 unspecified atom stereocenters. The summed E-state index contributed by atoms with van der Waals surface area (Å²) in [5.41, 5.74) is 1.78. The Labute approximate surface area is 361 Å². The molecule has 0 fully saturated rings. The molecule has 0 saturated heterocycles. The van der Waals surface area contributed by atoms with E-state index in [0.717, 1.165) is 11.1 Å². The molecule has 7 N–H and O–H groups in total. The highest BCUT2D eigenvalue weighted by atomic mass is 16.6. The van der Waals surface area contributed by atoms with E-state index in [9.17, 15) is 38.7 Å². The molecule has 62 heavy (non-hydrogen) atoms. The third-order valence-corrected chi connectivity index (χ3v) is 8.37. The number of ether oxygens (including phenoxy) is 6. The minimum absolute atomic E-state index is 0.0121. The molecule has 0 spiro atoms. The monoisotopic (exact) mass is 874 g/mol. The van der Waals surface area contributed by atoms with Crippen molar-refractivity contribution in [3.05, 3.63) is 71.8 Å². The Morgan fingerprint density at radius 1 is 0.452 bits per heavy atom. The van der Waals surface area contributed by atoms with E-state index in [1.807, 2.05) is 60.7 Å². The van der Waals surface area contributed by atoms with Crippen LogP contribution in [0.2, 0.25) is 0 Å². The lowest BCUT2D eigenvalue weighted by Crippen LogP contribution is -2.41. The summed E-state index contributed by atoms with van der Waals surface area (Å²) in [4.78, 5) is 83.6. The zero-order valence-electron chi connectivity index (χ0n) is 35.2. The molecule has 0 radical (unpaired) electrons. The van der Waals surface area contributed by atoms with Crippen LogP contribution >= 0.6 is 0 Å². The Bertz CT molecular complexity index is 1590. The van der Waals surface area contributed by atoms with Gasteiger partial charge in [0.05, 0.1) is 52.9 Å². The zero-order valence-corrected chi connectivity index (χ0v) is 35.2. The molecule has 20 nitrogen and oxygen atoms in total. The zero-order chi connectivity index (χ0) is 44.9. The van der Waals surface area contributed by atoms with Crippen LogP contribution in [0.15, 0.2) is 60.7 Å². The van der Waals surface area contributed by atoms with E-state index in [0.29, 0.717) is 26.1 Å². The molecule has 6 amide bonds. The third kappa shape index (κ3) is 29.4. The van der Waals surface area contributed by atoms with E-state index in [-0.39, 0.29) is 135 Å². The highest BCUT2D eigenvalue weighted by molar-refractivity contribution is 5.87. The van der Waals surface area contributed by atoms with Crippen LogP contribution in [-0.4, -0.2) is 139 Å². The van der Waals surface area contributed by atoms with Gasteiger partial charge in [0.2, 0.25) is 23.6 Å². The lowest BCUT2D eigenvalue weighted by Gasteiger charge is -2.14. The van der Waals surface area contributed by atoms with E-state index in [4.69, 9.17) is 28.4 Å². The molecule has 0 aliphatic carbocycles. The number of carboxylic acid groups (broad SMARTS) is 1. The number of amides is 6. The minimum Gasteiger partial charge on any atom is -0.480 e. The number of unbranched alkanes of at least 4 members (excludes halogenated alkanes) is 1. The van der Waals surface area contributed by atoms with Gasteiger partial charge in [-0.25, -0.2) is 14.4 Å². The molecule has 1 atom stereocenters. The fourth-order valence-electron chi connectivity index (χ4n) is 5.11. The Kier molecular flexibility index (Phi) is 29.4. The standard InChI is InChI=1S/C42H62N6O14/c49-36(14-15-37(50)44-19-23-57-27-29-59-25-21-46-41(55)61-31-33-9-3-1-4-10-33)43-18-8-7-13-35(40(53)54)48-39(52)17-16-38(51)45-20-24-58-28-30-60-26-22-47-42(56)62-32-34-11-5-2-6-12-34/h1-6,9-12,35H,7-8,13-32H2,(H,43,49)(H,44,50)(H,45,51)(H,46,55)(H,47,56)(H,48,52)(H,53,54)/t35-/m0/s1. The minimum atomic E-state index is -1.21. The van der Waals surface area contributed by atoms with Crippen molar-refractivity contribution >= 4 is 41.8 Å². The maximum Gasteiger partial charge on any atom is 0.407 e. The number of carboxylic acids is 1. The Morgan fingerprint density at radius 2 is 0.823 bits per heavy atom. The molecule has 0 aliphatic rings. The van der Waals surface area contributed by atoms with Crippen LogP contribution in [0.5, 0.6) is 0 Å². The Morgan fingerprint density at radius 3 is 1.23 bits per heavy atom. The number of hydrogen-bond acceptors (Lipinski definition) is 13. The van der Waals surface area contributed by atoms with Crippen molar-refractivity contribution in [1.29, 1.82) is 0 Å². The number of rotatable bonds is 35. The number of benzene rings is 2. The molecule has 2 aromatic rings. The molecular weight excluding hydrogens is 812 g/mol. The number of hydrogen-bond donors (Lipinski definition) is 7. The molecule has 0 aliphatic heterocycles. The first-order chi connectivity index (χ1) is 30.1. The highest BCUT2D eigenvalue weighted by Crippen LogP contribution is 2.04. The first kappa shape index (κ1) is 52.3. The van der Waals surface area contributed by atoms with Crippen molar-refractivity contribution in [3.8, 4) is 0 Å². The number of nitrogens with one attached hydrogen (secondary N) is 6. The van der Waals surface area contributed by atoms with E-state index >= 15 is 0 Å². The summed E-state index contributed by atoms with van der Waals surface area (Å²) < 4.78 is 31.8. The van der Waals surface area contributed by atoms with Gasteiger partial charge in [0, 0.05) is 58.4 Å². The first-order valence-corrected chi connectivity index (χ1v) is 20.6. The van der Waals surface area contributed by atoms with Crippen LogP contribution in [-0.2, 0) is 65.6 Å². The van der Waals surface area contributed by atoms with Gasteiger partial charge in [0.25, 0.3) is 0 Å². The summed E-state index contributed by atoms with van der Waals surface area (Å²) >= 11 is 0. The Hall–Kier alpha value is -5.83. The predicted octanol–water partition coefficient (Wildman–Crippen LogP) is 1.55. The van der Waals surface area contributed by atoms with Gasteiger partial charge in [0.1, 0.15) is 19.3 Å². The number of carbonyl (C=O) groups excluding carboxylic acids is 6. The van der Waals surface area contributed by atoms with Crippen molar-refractivity contribution in [2.75, 3.05) is 85.6 Å². The maximum absolute atomic E-state index is 12.3. The quantitative estimate of drug-likeness (QED) is 0.0485. The van der Waals surface area contributed by atoms with Crippen molar-refractivity contribution in [1.82, 2.24) is 31.9 Å². The predicted molar refractivity (Wildman–Crippen MR) is 223 cm³/mol.